The Morgan fingerprint density at radius 1 is 1.14 bits per heavy atom. The first-order valence-electron chi connectivity index (χ1n) is 9.31. The van der Waals surface area contributed by atoms with Gasteiger partial charge < -0.3 is 10.2 Å². The van der Waals surface area contributed by atoms with E-state index in [0.29, 0.717) is 35.9 Å². The smallest absolute Gasteiger partial charge is 0.230 e. The van der Waals surface area contributed by atoms with Crippen molar-refractivity contribution in [3.05, 3.63) is 64.1 Å². The van der Waals surface area contributed by atoms with Gasteiger partial charge in [0, 0.05) is 18.1 Å². The van der Waals surface area contributed by atoms with E-state index < -0.39 is 5.41 Å². The Morgan fingerprint density at radius 3 is 2.52 bits per heavy atom. The van der Waals surface area contributed by atoms with E-state index in [1.54, 1.807) is 6.92 Å². The van der Waals surface area contributed by atoms with Crippen LogP contribution in [-0.2, 0) is 17.8 Å². The van der Waals surface area contributed by atoms with E-state index in [4.69, 9.17) is 16.2 Å². The van der Waals surface area contributed by atoms with Gasteiger partial charge in [-0.05, 0) is 50.1 Å². The topological polar surface area (TPSA) is 97.0 Å². The third-order valence-electron chi connectivity index (χ3n) is 5.20. The monoisotopic (exact) mass is 412 g/mol. The number of aryl methyl sites for hydroxylation is 2. The van der Waals surface area contributed by atoms with Crippen LogP contribution in [0.1, 0.15) is 22.6 Å². The van der Waals surface area contributed by atoms with Gasteiger partial charge in [-0.3, -0.25) is 4.79 Å². The standard InChI is InChI=1S/C20H21ClN6O2/c1-13-3-8-18(24-23-13)27-11-20(12-27,9-15-4-6-16(21)7-5-15)19(28)22-10-17-14(2)25-29-26-17/h3-8H,9-12H2,1-2H3,(H,22,28). The van der Waals surface area contributed by atoms with Crippen molar-refractivity contribution in [2.24, 2.45) is 5.41 Å². The summed E-state index contributed by atoms with van der Waals surface area (Å²) in [7, 11) is 0. The molecule has 1 N–H and O–H groups in total. The summed E-state index contributed by atoms with van der Waals surface area (Å²) in [6.07, 6.45) is 0.599. The highest BCUT2D eigenvalue weighted by Gasteiger charge is 2.49. The second kappa shape index (κ2) is 7.79. The molecule has 0 saturated carbocycles. The summed E-state index contributed by atoms with van der Waals surface area (Å²) >= 11 is 6.01. The minimum Gasteiger partial charge on any atom is -0.353 e. The average molecular weight is 413 g/mol. The number of hydrogen-bond acceptors (Lipinski definition) is 7. The van der Waals surface area contributed by atoms with Gasteiger partial charge in [0.05, 0.1) is 17.7 Å². The number of anilines is 1. The number of carbonyl (C=O) groups excluding carboxylic acids is 1. The average Bonchev–Trinajstić information content (AvgIpc) is 3.10. The van der Waals surface area contributed by atoms with Crippen molar-refractivity contribution in [3.8, 4) is 0 Å². The molecule has 1 aliphatic heterocycles. The van der Waals surface area contributed by atoms with Crippen molar-refractivity contribution >= 4 is 23.3 Å². The van der Waals surface area contributed by atoms with Crippen LogP contribution in [0.25, 0.3) is 0 Å². The lowest BCUT2D eigenvalue weighted by Crippen LogP contribution is -2.64. The summed E-state index contributed by atoms with van der Waals surface area (Å²) in [5.74, 6) is 0.734. The third kappa shape index (κ3) is 4.07. The number of carbonyl (C=O) groups is 1. The SMILES string of the molecule is Cc1ccc(N2CC(Cc3ccc(Cl)cc3)(C(=O)NCc3nonc3C)C2)nn1. The van der Waals surface area contributed by atoms with Crippen LogP contribution in [0.4, 0.5) is 5.82 Å². The number of benzene rings is 1. The summed E-state index contributed by atoms with van der Waals surface area (Å²) in [5, 5.41) is 19.6. The number of hydrogen-bond donors (Lipinski definition) is 1. The van der Waals surface area contributed by atoms with Gasteiger partial charge in [-0.15, -0.1) is 5.10 Å². The molecule has 0 unspecified atom stereocenters. The molecular formula is C20H21ClN6O2. The molecule has 9 heteroatoms. The molecule has 3 aromatic rings. The molecule has 0 atom stereocenters. The van der Waals surface area contributed by atoms with Crippen LogP contribution in [0.15, 0.2) is 41.0 Å². The van der Waals surface area contributed by atoms with Gasteiger partial charge in [0.1, 0.15) is 11.4 Å². The molecule has 8 nitrogen and oxygen atoms in total. The first kappa shape index (κ1) is 19.3. The van der Waals surface area contributed by atoms with E-state index in [1.807, 2.05) is 43.3 Å². The second-order valence-corrected chi connectivity index (χ2v) is 7.89. The van der Waals surface area contributed by atoms with E-state index in [2.05, 4.69) is 30.7 Å². The Bertz CT molecular complexity index is 997. The zero-order valence-electron chi connectivity index (χ0n) is 16.2. The van der Waals surface area contributed by atoms with E-state index in [-0.39, 0.29) is 12.5 Å². The minimum atomic E-state index is -0.578. The number of halogens is 1. The molecule has 1 aliphatic rings. The van der Waals surface area contributed by atoms with Gasteiger partial charge in [0.25, 0.3) is 0 Å². The van der Waals surface area contributed by atoms with Crippen molar-refractivity contribution in [3.63, 3.8) is 0 Å². The number of nitrogens with one attached hydrogen (secondary N) is 1. The predicted molar refractivity (Wildman–Crippen MR) is 107 cm³/mol. The van der Waals surface area contributed by atoms with Gasteiger partial charge in [-0.25, -0.2) is 4.63 Å². The Balaban J connectivity index is 1.51. The molecule has 29 heavy (non-hydrogen) atoms. The molecule has 4 rings (SSSR count). The summed E-state index contributed by atoms with van der Waals surface area (Å²) in [6.45, 7) is 5.07. The molecule has 150 valence electrons. The Morgan fingerprint density at radius 2 is 1.90 bits per heavy atom. The summed E-state index contributed by atoms with van der Waals surface area (Å²) in [5.41, 5.74) is 2.63. The molecule has 1 amide bonds. The molecule has 0 radical (unpaired) electrons. The molecule has 0 spiro atoms. The highest BCUT2D eigenvalue weighted by molar-refractivity contribution is 6.30. The molecular weight excluding hydrogens is 392 g/mol. The molecule has 0 bridgehead atoms. The summed E-state index contributed by atoms with van der Waals surface area (Å²) in [6, 6.07) is 11.4. The molecule has 1 aromatic carbocycles. The lowest BCUT2D eigenvalue weighted by Gasteiger charge is -2.49. The van der Waals surface area contributed by atoms with E-state index in [1.165, 1.54) is 0 Å². The predicted octanol–water partition coefficient (Wildman–Crippen LogP) is 2.50. The normalized spacial score (nSPS) is 15.1. The second-order valence-electron chi connectivity index (χ2n) is 7.45. The van der Waals surface area contributed by atoms with E-state index in [0.717, 1.165) is 17.1 Å². The highest BCUT2D eigenvalue weighted by atomic mass is 35.5. The van der Waals surface area contributed by atoms with E-state index in [9.17, 15) is 4.79 Å². The van der Waals surface area contributed by atoms with E-state index >= 15 is 0 Å². The fourth-order valence-electron chi connectivity index (χ4n) is 3.50. The lowest BCUT2D eigenvalue weighted by molar-refractivity contribution is -0.132. The maximum absolute atomic E-state index is 13.2. The summed E-state index contributed by atoms with van der Waals surface area (Å²) in [4.78, 5) is 15.2. The molecule has 1 saturated heterocycles. The van der Waals surface area contributed by atoms with Gasteiger partial charge >= 0.3 is 0 Å². The molecule has 3 heterocycles. The number of rotatable bonds is 6. The maximum atomic E-state index is 13.2. The van der Waals surface area contributed by atoms with Crippen LogP contribution in [0.3, 0.4) is 0 Å². The number of aromatic nitrogens is 4. The lowest BCUT2D eigenvalue weighted by atomic mass is 9.73. The maximum Gasteiger partial charge on any atom is 0.230 e. The zero-order valence-corrected chi connectivity index (χ0v) is 17.0. The first-order chi connectivity index (χ1) is 13.9. The van der Waals surface area contributed by atoms with Crippen LogP contribution in [0, 0.1) is 19.3 Å². The molecule has 1 fully saturated rings. The van der Waals surface area contributed by atoms with Gasteiger partial charge in [-0.2, -0.15) is 5.10 Å². The summed E-state index contributed by atoms with van der Waals surface area (Å²) < 4.78 is 4.71. The Kier molecular flexibility index (Phi) is 5.19. The quantitative estimate of drug-likeness (QED) is 0.664. The van der Waals surface area contributed by atoms with Crippen LogP contribution in [0.5, 0.6) is 0 Å². The van der Waals surface area contributed by atoms with Gasteiger partial charge in [0.15, 0.2) is 5.82 Å². The van der Waals surface area contributed by atoms with Crippen LogP contribution < -0.4 is 10.2 Å². The first-order valence-corrected chi connectivity index (χ1v) is 9.69. The van der Waals surface area contributed by atoms with Gasteiger partial charge in [-0.1, -0.05) is 34.0 Å². The van der Waals surface area contributed by atoms with Crippen LogP contribution in [-0.4, -0.2) is 39.5 Å². The Labute approximate surface area is 173 Å². The van der Waals surface area contributed by atoms with Crippen molar-refractivity contribution < 1.29 is 9.42 Å². The fourth-order valence-corrected chi connectivity index (χ4v) is 3.62. The van der Waals surface area contributed by atoms with Crippen LogP contribution in [0.2, 0.25) is 5.02 Å². The zero-order chi connectivity index (χ0) is 20.4. The molecule has 0 aliphatic carbocycles. The number of amides is 1. The van der Waals surface area contributed by atoms with Crippen LogP contribution >= 0.6 is 11.6 Å². The van der Waals surface area contributed by atoms with Gasteiger partial charge in [0.2, 0.25) is 5.91 Å². The minimum absolute atomic E-state index is 0.0360. The fraction of sp³-hybridized carbons (Fsp3) is 0.350. The third-order valence-corrected chi connectivity index (χ3v) is 5.45. The Hall–Kier alpha value is -3.00. The molecule has 2 aromatic heterocycles. The van der Waals surface area contributed by atoms with Crippen molar-refractivity contribution in [2.45, 2.75) is 26.8 Å². The van der Waals surface area contributed by atoms with Crippen molar-refractivity contribution in [1.82, 2.24) is 25.8 Å². The van der Waals surface area contributed by atoms with Crippen molar-refractivity contribution in [1.29, 1.82) is 0 Å². The largest absolute Gasteiger partial charge is 0.353 e. The number of nitrogens with zero attached hydrogens (tertiary/aromatic N) is 5. The van der Waals surface area contributed by atoms with Crippen molar-refractivity contribution in [2.75, 3.05) is 18.0 Å². The highest BCUT2D eigenvalue weighted by Crippen LogP contribution is 2.37.